The van der Waals surface area contributed by atoms with Gasteiger partial charge in [0.25, 0.3) is 0 Å². The number of hydrogen-bond donors (Lipinski definition) is 2. The number of carbonyl (C=O) groups is 1. The minimum Gasteiger partial charge on any atom is -0.465 e. The van der Waals surface area contributed by atoms with Crippen LogP contribution in [0.5, 0.6) is 0 Å². The van der Waals surface area contributed by atoms with Gasteiger partial charge in [0.1, 0.15) is 6.04 Å². The van der Waals surface area contributed by atoms with E-state index in [4.69, 9.17) is 4.74 Å². The first-order chi connectivity index (χ1) is 7.34. The zero-order chi connectivity index (χ0) is 12.8. The van der Waals surface area contributed by atoms with E-state index >= 15 is 0 Å². The van der Waals surface area contributed by atoms with Crippen molar-refractivity contribution in [2.45, 2.75) is 33.7 Å². The molecule has 7 heteroatoms. The number of hydrogen-bond acceptors (Lipinski definition) is 4. The first-order valence-corrected chi connectivity index (χ1v) is 6.83. The van der Waals surface area contributed by atoms with E-state index in [1.54, 1.807) is 27.7 Å². The maximum atomic E-state index is 11.5. The lowest BCUT2D eigenvalue weighted by molar-refractivity contribution is -0.146. The molecule has 0 bridgehead atoms. The third-order valence-electron chi connectivity index (χ3n) is 1.81. The van der Waals surface area contributed by atoms with Crippen LogP contribution >= 0.6 is 7.75 Å². The van der Waals surface area contributed by atoms with Crippen LogP contribution < -0.4 is 5.09 Å². The van der Waals surface area contributed by atoms with Crippen LogP contribution in [0.15, 0.2) is 0 Å². The summed E-state index contributed by atoms with van der Waals surface area (Å²) in [7, 11) is -3.93. The Hall–Kier alpha value is -0.420. The molecule has 2 N–H and O–H groups in total. The van der Waals surface area contributed by atoms with Gasteiger partial charge in [-0.05, 0) is 19.8 Å². The molecule has 96 valence electrons. The van der Waals surface area contributed by atoms with Crippen LogP contribution in [0.4, 0.5) is 0 Å². The molecule has 0 rings (SSSR count). The molecule has 2 atom stereocenters. The summed E-state index contributed by atoms with van der Waals surface area (Å²) < 4.78 is 20.9. The smallest absolute Gasteiger partial charge is 0.403 e. The van der Waals surface area contributed by atoms with Crippen molar-refractivity contribution in [3.63, 3.8) is 0 Å². The van der Waals surface area contributed by atoms with Crippen molar-refractivity contribution < 1.29 is 23.5 Å². The van der Waals surface area contributed by atoms with Crippen LogP contribution in [0.25, 0.3) is 0 Å². The molecule has 0 spiro atoms. The second-order valence-corrected chi connectivity index (χ2v) is 5.10. The van der Waals surface area contributed by atoms with Crippen LogP contribution in [0.1, 0.15) is 27.7 Å². The predicted octanol–water partition coefficient (Wildman–Crippen LogP) is 1.30. The van der Waals surface area contributed by atoms with Gasteiger partial charge in [0.2, 0.25) is 0 Å². The molecule has 0 heterocycles. The number of ether oxygens (including phenoxy) is 1. The largest absolute Gasteiger partial charge is 0.465 e. The third kappa shape index (κ3) is 5.61. The Balaban J connectivity index is 4.57. The molecule has 16 heavy (non-hydrogen) atoms. The van der Waals surface area contributed by atoms with Gasteiger partial charge in [-0.15, -0.1) is 0 Å². The van der Waals surface area contributed by atoms with Crippen molar-refractivity contribution in [3.05, 3.63) is 0 Å². The molecule has 0 aromatic rings. The third-order valence-corrected chi connectivity index (χ3v) is 3.03. The Morgan fingerprint density at radius 2 is 1.94 bits per heavy atom. The van der Waals surface area contributed by atoms with Crippen molar-refractivity contribution >= 4 is 13.7 Å². The average Bonchev–Trinajstić information content (AvgIpc) is 2.14. The lowest BCUT2D eigenvalue weighted by atomic mass is 10.1. The summed E-state index contributed by atoms with van der Waals surface area (Å²) in [5, 5.41) is 2.29. The van der Waals surface area contributed by atoms with E-state index in [-0.39, 0.29) is 19.1 Å². The van der Waals surface area contributed by atoms with Gasteiger partial charge in [-0.1, -0.05) is 13.8 Å². The van der Waals surface area contributed by atoms with Crippen LogP contribution in [0.3, 0.4) is 0 Å². The Bertz CT molecular complexity index is 269. The Morgan fingerprint density at radius 1 is 1.38 bits per heavy atom. The highest BCUT2D eigenvalue weighted by molar-refractivity contribution is 7.50. The molecule has 0 radical (unpaired) electrons. The highest BCUT2D eigenvalue weighted by Gasteiger charge is 2.31. The standard InChI is InChI=1S/C9H20NO5P/c1-5-14-9(11)8(7(3)4)10-16(12,13)15-6-2/h7-8H,5-6H2,1-4H3,(H2,10,12,13)/t8-/m0/s1. The molecule has 0 aliphatic carbocycles. The van der Waals surface area contributed by atoms with Gasteiger partial charge in [0.15, 0.2) is 0 Å². The quantitative estimate of drug-likeness (QED) is 0.525. The number of rotatable bonds is 7. The lowest BCUT2D eigenvalue weighted by Crippen LogP contribution is -2.40. The minimum absolute atomic E-state index is 0.0917. The van der Waals surface area contributed by atoms with Gasteiger partial charge in [0, 0.05) is 0 Å². The van der Waals surface area contributed by atoms with Crippen LogP contribution in [-0.4, -0.2) is 30.1 Å². The highest BCUT2D eigenvalue weighted by Crippen LogP contribution is 2.38. The van der Waals surface area contributed by atoms with E-state index in [2.05, 4.69) is 9.61 Å². The summed E-state index contributed by atoms with van der Waals surface area (Å²) in [5.74, 6) is -0.716. The predicted molar refractivity (Wildman–Crippen MR) is 59.8 cm³/mol. The fraction of sp³-hybridized carbons (Fsp3) is 0.889. The highest BCUT2D eigenvalue weighted by atomic mass is 31.2. The number of carbonyl (C=O) groups excluding carboxylic acids is 1. The normalized spacial score (nSPS) is 16.9. The summed E-state index contributed by atoms with van der Waals surface area (Å²) in [6.07, 6.45) is 0. The lowest BCUT2D eigenvalue weighted by Gasteiger charge is -2.22. The van der Waals surface area contributed by atoms with Crippen LogP contribution in [0.2, 0.25) is 0 Å². The topological polar surface area (TPSA) is 84.9 Å². The zero-order valence-electron chi connectivity index (χ0n) is 10.1. The van der Waals surface area contributed by atoms with Gasteiger partial charge in [0.05, 0.1) is 13.2 Å². The van der Waals surface area contributed by atoms with Crippen LogP contribution in [0, 0.1) is 5.92 Å². The van der Waals surface area contributed by atoms with Crippen molar-refractivity contribution in [1.29, 1.82) is 0 Å². The van der Waals surface area contributed by atoms with E-state index in [1.807, 2.05) is 0 Å². The second-order valence-electron chi connectivity index (χ2n) is 3.54. The Labute approximate surface area is 95.9 Å². The first-order valence-electron chi connectivity index (χ1n) is 5.25. The van der Waals surface area contributed by atoms with Crippen molar-refractivity contribution in [1.82, 2.24) is 5.09 Å². The molecule has 0 saturated heterocycles. The van der Waals surface area contributed by atoms with Gasteiger partial charge >= 0.3 is 13.7 Å². The fourth-order valence-corrected chi connectivity index (χ4v) is 2.27. The average molecular weight is 253 g/mol. The van der Waals surface area contributed by atoms with E-state index in [9.17, 15) is 14.3 Å². The van der Waals surface area contributed by atoms with Crippen molar-refractivity contribution in [3.8, 4) is 0 Å². The van der Waals surface area contributed by atoms with Crippen molar-refractivity contribution in [2.24, 2.45) is 5.92 Å². The maximum absolute atomic E-state index is 11.5. The summed E-state index contributed by atoms with van der Waals surface area (Å²) >= 11 is 0. The van der Waals surface area contributed by atoms with E-state index < -0.39 is 19.8 Å². The van der Waals surface area contributed by atoms with Crippen LogP contribution in [-0.2, 0) is 18.6 Å². The van der Waals surface area contributed by atoms with Gasteiger partial charge in [-0.25, -0.2) is 9.65 Å². The maximum Gasteiger partial charge on any atom is 0.403 e. The molecule has 0 fully saturated rings. The summed E-state index contributed by atoms with van der Waals surface area (Å²) in [5.41, 5.74) is 0. The fourth-order valence-electron chi connectivity index (χ4n) is 1.09. The monoisotopic (exact) mass is 253 g/mol. The molecule has 6 nitrogen and oxygen atoms in total. The molecular weight excluding hydrogens is 233 g/mol. The van der Waals surface area contributed by atoms with Gasteiger partial charge < -0.3 is 9.63 Å². The molecule has 0 saturated carbocycles. The Morgan fingerprint density at radius 3 is 2.31 bits per heavy atom. The Kier molecular flexibility index (Phi) is 6.83. The second kappa shape index (κ2) is 7.01. The first kappa shape index (κ1) is 15.6. The molecule has 0 aliphatic rings. The van der Waals surface area contributed by atoms with E-state index in [0.717, 1.165) is 0 Å². The minimum atomic E-state index is -3.93. The van der Waals surface area contributed by atoms with Gasteiger partial charge in [-0.2, -0.15) is 0 Å². The number of nitrogens with one attached hydrogen (secondary N) is 1. The van der Waals surface area contributed by atoms with Crippen molar-refractivity contribution in [2.75, 3.05) is 13.2 Å². The molecular formula is C9H20NO5P. The van der Waals surface area contributed by atoms with E-state index in [1.165, 1.54) is 0 Å². The summed E-state index contributed by atoms with van der Waals surface area (Å²) in [6, 6.07) is -0.845. The summed E-state index contributed by atoms with van der Waals surface area (Å²) in [6.45, 7) is 7.10. The zero-order valence-corrected chi connectivity index (χ0v) is 11.0. The molecule has 0 aromatic heterocycles. The van der Waals surface area contributed by atoms with E-state index in [0.29, 0.717) is 0 Å². The van der Waals surface area contributed by atoms with Gasteiger partial charge in [-0.3, -0.25) is 9.32 Å². The molecule has 0 aromatic carbocycles. The number of esters is 1. The molecule has 1 unspecified atom stereocenters. The molecule has 0 amide bonds. The molecule has 0 aliphatic heterocycles. The SMILES string of the molecule is CCOC(=O)[C@@H](NP(=O)(O)OCC)C(C)C. The summed E-state index contributed by atoms with van der Waals surface area (Å²) in [4.78, 5) is 20.9.